The van der Waals surface area contributed by atoms with Gasteiger partial charge in [-0.05, 0) is 17.7 Å². The van der Waals surface area contributed by atoms with Crippen LogP contribution in [0.3, 0.4) is 0 Å². The van der Waals surface area contributed by atoms with Crippen molar-refractivity contribution in [3.05, 3.63) is 65.5 Å². The third-order valence-corrected chi connectivity index (χ3v) is 4.81. The van der Waals surface area contributed by atoms with E-state index in [0.29, 0.717) is 17.0 Å². The van der Waals surface area contributed by atoms with Crippen molar-refractivity contribution >= 4 is 5.82 Å². The summed E-state index contributed by atoms with van der Waals surface area (Å²) in [5, 5.41) is 27.8. The van der Waals surface area contributed by atoms with Gasteiger partial charge in [0.2, 0.25) is 5.75 Å². The van der Waals surface area contributed by atoms with Gasteiger partial charge in [-0.1, -0.05) is 30.3 Å². The zero-order chi connectivity index (χ0) is 20.5. The first-order chi connectivity index (χ1) is 14.1. The summed E-state index contributed by atoms with van der Waals surface area (Å²) in [5.41, 5.74) is 8.76. The maximum absolute atomic E-state index is 10.2. The number of nitrogens with one attached hydrogen (secondary N) is 1. The number of nitrogens with two attached hydrogens (primary N) is 1. The highest BCUT2D eigenvalue weighted by Gasteiger charge is 2.31. The summed E-state index contributed by atoms with van der Waals surface area (Å²) in [6.45, 7) is 0. The summed E-state index contributed by atoms with van der Waals surface area (Å²) < 4.78 is 12.2. The first kappa shape index (κ1) is 18.3. The Labute approximate surface area is 167 Å². The summed E-state index contributed by atoms with van der Waals surface area (Å²) in [4.78, 5) is 0. The molecule has 2 aromatic carbocycles. The number of allylic oxidation sites excluding steroid dienone is 1. The first-order valence-electron chi connectivity index (χ1n) is 8.84. The number of nitriles is 1. The van der Waals surface area contributed by atoms with Crippen LogP contribution in [0.1, 0.15) is 11.6 Å². The Balaban J connectivity index is 1.91. The van der Waals surface area contributed by atoms with Gasteiger partial charge in [-0.2, -0.15) is 10.4 Å². The molecular formula is C21H19N5O3. The Morgan fingerprint density at radius 3 is 2.38 bits per heavy atom. The first-order valence-corrected chi connectivity index (χ1v) is 8.84. The Hall–Kier alpha value is -4.12. The third kappa shape index (κ3) is 2.99. The molecule has 1 aliphatic heterocycles. The van der Waals surface area contributed by atoms with Crippen LogP contribution in [0.2, 0.25) is 0 Å². The van der Waals surface area contributed by atoms with E-state index < -0.39 is 6.04 Å². The van der Waals surface area contributed by atoms with Crippen LogP contribution in [0, 0.1) is 11.3 Å². The second-order valence-corrected chi connectivity index (χ2v) is 6.47. The molecule has 1 aliphatic rings. The molecule has 1 atom stereocenters. The van der Waals surface area contributed by atoms with Crippen LogP contribution in [0.5, 0.6) is 17.2 Å². The number of hydrogen-bond donors (Lipinski definition) is 3. The average Bonchev–Trinajstić information content (AvgIpc) is 3.17. The summed E-state index contributed by atoms with van der Waals surface area (Å²) in [7, 11) is 2.89. The molecule has 0 saturated heterocycles. The Morgan fingerprint density at radius 2 is 1.79 bits per heavy atom. The zero-order valence-corrected chi connectivity index (χ0v) is 15.9. The van der Waals surface area contributed by atoms with Gasteiger partial charge < -0.3 is 25.6 Å². The van der Waals surface area contributed by atoms with Crippen LogP contribution in [-0.4, -0.2) is 29.1 Å². The van der Waals surface area contributed by atoms with Gasteiger partial charge >= 0.3 is 0 Å². The Morgan fingerprint density at radius 1 is 1.14 bits per heavy atom. The number of aromatic nitrogens is 2. The molecule has 3 aromatic rings. The summed E-state index contributed by atoms with van der Waals surface area (Å²) in [5.74, 6) is 1.23. The maximum Gasteiger partial charge on any atom is 0.200 e. The number of hydrogen-bond acceptors (Lipinski definition) is 7. The highest BCUT2D eigenvalue weighted by molar-refractivity contribution is 5.67. The molecule has 0 amide bonds. The number of benzene rings is 2. The highest BCUT2D eigenvalue weighted by Crippen LogP contribution is 2.43. The molecule has 29 heavy (non-hydrogen) atoms. The van der Waals surface area contributed by atoms with Crippen molar-refractivity contribution in [3.8, 4) is 34.6 Å². The number of fused-ring (bicyclic) bond motifs is 1. The second-order valence-electron chi connectivity index (χ2n) is 6.47. The van der Waals surface area contributed by atoms with Crippen LogP contribution in [0.4, 0.5) is 5.82 Å². The molecule has 4 rings (SSSR count). The standard InChI is InChI=1S/C21H19N5O3/c1-28-16-8-13(9-17(29-2)20(16)27)19-14(11-22)21(23)24-18-10-15(25-26(18)19)12-6-4-3-5-7-12/h3-10,19,24,27H,23H2,1-2H3. The number of phenolic OH excluding ortho intramolecular Hbond substituents is 1. The van der Waals surface area contributed by atoms with Gasteiger partial charge in [0, 0.05) is 11.6 Å². The number of aromatic hydroxyl groups is 1. The lowest BCUT2D eigenvalue weighted by Crippen LogP contribution is -2.28. The fourth-order valence-electron chi connectivity index (χ4n) is 3.41. The smallest absolute Gasteiger partial charge is 0.200 e. The van der Waals surface area contributed by atoms with Crippen molar-refractivity contribution in [1.82, 2.24) is 9.78 Å². The van der Waals surface area contributed by atoms with Crippen LogP contribution in [-0.2, 0) is 0 Å². The predicted molar refractivity (Wildman–Crippen MR) is 107 cm³/mol. The Bertz CT molecular complexity index is 1120. The number of rotatable bonds is 4. The minimum absolute atomic E-state index is 0.117. The molecule has 0 aliphatic carbocycles. The molecule has 0 spiro atoms. The quantitative estimate of drug-likeness (QED) is 0.628. The van der Waals surface area contributed by atoms with Crippen molar-refractivity contribution in [2.24, 2.45) is 5.73 Å². The van der Waals surface area contributed by atoms with E-state index in [9.17, 15) is 10.4 Å². The minimum Gasteiger partial charge on any atom is -0.502 e. The molecule has 8 heteroatoms. The van der Waals surface area contributed by atoms with Gasteiger partial charge in [-0.15, -0.1) is 0 Å². The van der Waals surface area contributed by atoms with Gasteiger partial charge in [0.1, 0.15) is 23.7 Å². The summed E-state index contributed by atoms with van der Waals surface area (Å²) >= 11 is 0. The van der Waals surface area contributed by atoms with Gasteiger partial charge in [0.25, 0.3) is 0 Å². The SMILES string of the molecule is COc1cc(C2C(C#N)=C(N)Nc3cc(-c4ccccc4)nn32)cc(OC)c1O. The number of nitrogens with zero attached hydrogens (tertiary/aromatic N) is 3. The molecule has 4 N–H and O–H groups in total. The van der Waals surface area contributed by atoms with E-state index in [4.69, 9.17) is 20.3 Å². The molecule has 2 heterocycles. The number of phenols is 1. The monoisotopic (exact) mass is 389 g/mol. The molecular weight excluding hydrogens is 370 g/mol. The van der Waals surface area contributed by atoms with Crippen LogP contribution in [0.15, 0.2) is 59.9 Å². The normalized spacial score (nSPS) is 15.3. The molecule has 8 nitrogen and oxygen atoms in total. The van der Waals surface area contributed by atoms with Crippen molar-refractivity contribution in [2.75, 3.05) is 19.5 Å². The molecule has 1 unspecified atom stereocenters. The lowest BCUT2D eigenvalue weighted by atomic mass is 9.97. The van der Waals surface area contributed by atoms with E-state index in [1.165, 1.54) is 14.2 Å². The lowest BCUT2D eigenvalue weighted by molar-refractivity contribution is 0.338. The molecule has 146 valence electrons. The molecule has 1 aromatic heterocycles. The number of ether oxygens (including phenoxy) is 2. The fourth-order valence-corrected chi connectivity index (χ4v) is 3.41. The zero-order valence-electron chi connectivity index (χ0n) is 15.9. The van der Waals surface area contributed by atoms with Gasteiger partial charge in [0.05, 0.1) is 25.5 Å². The Kier molecular flexibility index (Phi) is 4.49. The van der Waals surface area contributed by atoms with Crippen molar-refractivity contribution in [1.29, 1.82) is 5.26 Å². The lowest BCUT2D eigenvalue weighted by Gasteiger charge is -2.27. The summed E-state index contributed by atoms with van der Waals surface area (Å²) in [6.07, 6.45) is 0. The third-order valence-electron chi connectivity index (χ3n) is 4.81. The minimum atomic E-state index is -0.614. The van der Waals surface area contributed by atoms with E-state index in [0.717, 1.165) is 11.3 Å². The second kappa shape index (κ2) is 7.13. The van der Waals surface area contributed by atoms with E-state index in [1.807, 2.05) is 36.4 Å². The molecule has 0 fully saturated rings. The van der Waals surface area contributed by atoms with E-state index >= 15 is 0 Å². The number of methoxy groups -OCH3 is 2. The van der Waals surface area contributed by atoms with E-state index in [1.54, 1.807) is 16.8 Å². The van der Waals surface area contributed by atoms with Crippen LogP contribution < -0.4 is 20.5 Å². The predicted octanol–water partition coefficient (Wildman–Crippen LogP) is 2.98. The van der Waals surface area contributed by atoms with Gasteiger partial charge in [-0.3, -0.25) is 0 Å². The topological polar surface area (TPSA) is 118 Å². The summed E-state index contributed by atoms with van der Waals surface area (Å²) in [6, 6.07) is 16.4. The van der Waals surface area contributed by atoms with Crippen LogP contribution in [0.25, 0.3) is 11.3 Å². The largest absolute Gasteiger partial charge is 0.502 e. The number of anilines is 1. The van der Waals surface area contributed by atoms with E-state index in [-0.39, 0.29) is 23.1 Å². The van der Waals surface area contributed by atoms with Crippen molar-refractivity contribution < 1.29 is 14.6 Å². The van der Waals surface area contributed by atoms with Crippen LogP contribution >= 0.6 is 0 Å². The molecule has 0 saturated carbocycles. The molecule has 0 radical (unpaired) electrons. The van der Waals surface area contributed by atoms with Crippen molar-refractivity contribution in [3.63, 3.8) is 0 Å². The van der Waals surface area contributed by atoms with Gasteiger partial charge in [0.15, 0.2) is 11.5 Å². The van der Waals surface area contributed by atoms with Gasteiger partial charge in [-0.25, -0.2) is 4.68 Å². The molecule has 0 bridgehead atoms. The average molecular weight is 389 g/mol. The van der Waals surface area contributed by atoms with E-state index in [2.05, 4.69) is 11.4 Å². The van der Waals surface area contributed by atoms with Crippen molar-refractivity contribution in [2.45, 2.75) is 6.04 Å². The maximum atomic E-state index is 10.2. The highest BCUT2D eigenvalue weighted by atomic mass is 16.5. The fraction of sp³-hybridized carbons (Fsp3) is 0.143.